The number of hydrogen-bond donors (Lipinski definition) is 2. The van der Waals surface area contributed by atoms with E-state index in [0.717, 1.165) is 7.11 Å². The normalized spacial score (nSPS) is 11.8. The topological polar surface area (TPSA) is 115 Å². The second kappa shape index (κ2) is 4.22. The predicted octanol–water partition coefficient (Wildman–Crippen LogP) is -0.0329. The van der Waals surface area contributed by atoms with Gasteiger partial charge in [-0.25, -0.2) is 18.4 Å². The molecule has 8 heteroatoms. The number of rotatable bonds is 3. The van der Waals surface area contributed by atoms with Crippen molar-refractivity contribution >= 4 is 16.0 Å². The summed E-state index contributed by atoms with van der Waals surface area (Å²) in [6.07, 6.45) is 0. The Morgan fingerprint density at radius 3 is 2.44 bits per heavy atom. The first kappa shape index (κ1) is 12.7. The lowest BCUT2D eigenvalue weighted by molar-refractivity contribution is 0.0589. The second-order valence-electron chi connectivity index (χ2n) is 3.51. The van der Waals surface area contributed by atoms with Gasteiger partial charge in [0.05, 0.1) is 12.8 Å². The maximum absolute atomic E-state index is 11.4. The Balaban J connectivity index is 3.49. The van der Waals surface area contributed by atoms with Crippen molar-refractivity contribution in [3.05, 3.63) is 11.4 Å². The van der Waals surface area contributed by atoms with Crippen LogP contribution >= 0.6 is 0 Å². The van der Waals surface area contributed by atoms with Crippen LogP contribution in [0, 0.1) is 0 Å². The summed E-state index contributed by atoms with van der Waals surface area (Å²) < 4.78 is 27.2. The van der Waals surface area contributed by atoms with Crippen molar-refractivity contribution in [1.29, 1.82) is 0 Å². The molecule has 1 aromatic heterocycles. The van der Waals surface area contributed by atoms with E-state index in [9.17, 15) is 13.2 Å². The largest absolute Gasteiger partial charge is 0.464 e. The minimum atomic E-state index is -4.02. The van der Waals surface area contributed by atoms with E-state index in [0.29, 0.717) is 5.69 Å². The molecule has 1 rings (SSSR count). The van der Waals surface area contributed by atoms with E-state index in [1.165, 1.54) is 0 Å². The number of carbonyl (C=O) groups is 1. The number of nitrogens with two attached hydrogens (primary N) is 1. The van der Waals surface area contributed by atoms with Crippen LogP contribution in [-0.2, 0) is 14.8 Å². The van der Waals surface area contributed by atoms with Gasteiger partial charge in [-0.1, -0.05) is 13.8 Å². The summed E-state index contributed by atoms with van der Waals surface area (Å²) in [6, 6.07) is 0. The lowest BCUT2D eigenvalue weighted by Crippen LogP contribution is -2.18. The monoisotopic (exact) mass is 247 g/mol. The molecule has 0 bridgehead atoms. The van der Waals surface area contributed by atoms with E-state index in [2.05, 4.69) is 14.9 Å². The van der Waals surface area contributed by atoms with Crippen molar-refractivity contribution in [3.8, 4) is 0 Å². The zero-order valence-electron chi connectivity index (χ0n) is 9.14. The van der Waals surface area contributed by atoms with Gasteiger partial charge < -0.3 is 4.74 Å². The first-order valence-corrected chi connectivity index (χ1v) is 6.03. The van der Waals surface area contributed by atoms with Crippen LogP contribution in [0.15, 0.2) is 4.90 Å². The number of aromatic amines is 1. The fraction of sp³-hybridized carbons (Fsp3) is 0.500. The number of carbonyl (C=O) groups excluding carboxylic acids is 1. The van der Waals surface area contributed by atoms with Crippen LogP contribution in [0.2, 0.25) is 0 Å². The van der Waals surface area contributed by atoms with Gasteiger partial charge in [0.25, 0.3) is 0 Å². The molecule has 0 aromatic carbocycles. The van der Waals surface area contributed by atoms with E-state index in [4.69, 9.17) is 5.14 Å². The molecule has 0 aliphatic carbocycles. The standard InChI is InChI=1S/C8H13N3O4S/c1-4(2)5-7(16(9,13)14)6(11-10-5)8(12)15-3/h4H,1-3H3,(H,10,11)(H2,9,13,14). The fourth-order valence-electron chi connectivity index (χ4n) is 1.26. The summed E-state index contributed by atoms with van der Waals surface area (Å²) in [7, 11) is -2.88. The van der Waals surface area contributed by atoms with Crippen LogP contribution in [-0.4, -0.2) is 31.7 Å². The van der Waals surface area contributed by atoms with Crippen LogP contribution in [0.5, 0.6) is 0 Å². The molecule has 0 aliphatic heterocycles. The lowest BCUT2D eigenvalue weighted by Gasteiger charge is -2.04. The van der Waals surface area contributed by atoms with Gasteiger partial charge in [0.15, 0.2) is 5.69 Å². The lowest BCUT2D eigenvalue weighted by atomic mass is 10.1. The third-order valence-corrected chi connectivity index (χ3v) is 2.97. The Bertz CT molecular complexity index is 503. The van der Waals surface area contributed by atoms with E-state index in [-0.39, 0.29) is 16.5 Å². The van der Waals surface area contributed by atoms with Gasteiger partial charge in [-0.05, 0) is 5.92 Å². The highest BCUT2D eigenvalue weighted by atomic mass is 32.2. The van der Waals surface area contributed by atoms with Crippen molar-refractivity contribution in [2.24, 2.45) is 5.14 Å². The molecule has 0 fully saturated rings. The van der Waals surface area contributed by atoms with Gasteiger partial charge >= 0.3 is 5.97 Å². The molecule has 0 saturated carbocycles. The molecule has 0 spiro atoms. The third kappa shape index (κ3) is 2.22. The summed E-state index contributed by atoms with van der Waals surface area (Å²) in [4.78, 5) is 11.0. The minimum absolute atomic E-state index is 0.153. The number of ether oxygens (including phenoxy) is 1. The van der Waals surface area contributed by atoms with Crippen LogP contribution in [0.4, 0.5) is 0 Å². The van der Waals surface area contributed by atoms with E-state index >= 15 is 0 Å². The van der Waals surface area contributed by atoms with Crippen LogP contribution in [0.1, 0.15) is 35.9 Å². The smallest absolute Gasteiger partial charge is 0.360 e. The summed E-state index contributed by atoms with van der Waals surface area (Å²) in [5.41, 5.74) is -0.0170. The SMILES string of the molecule is COC(=O)c1n[nH]c(C(C)C)c1S(N)(=O)=O. The molecule has 0 radical (unpaired) electrons. The number of methoxy groups -OCH3 is 1. The Morgan fingerprint density at radius 2 is 2.06 bits per heavy atom. The molecule has 0 amide bonds. The number of nitrogens with one attached hydrogen (secondary N) is 1. The van der Waals surface area contributed by atoms with Gasteiger partial charge in [-0.2, -0.15) is 5.10 Å². The van der Waals surface area contributed by atoms with Crippen molar-refractivity contribution < 1.29 is 17.9 Å². The molecular formula is C8H13N3O4S. The highest BCUT2D eigenvalue weighted by Crippen LogP contribution is 2.23. The zero-order chi connectivity index (χ0) is 12.5. The van der Waals surface area contributed by atoms with Crippen LogP contribution in [0.25, 0.3) is 0 Å². The molecule has 3 N–H and O–H groups in total. The van der Waals surface area contributed by atoms with Crippen molar-refractivity contribution in [2.45, 2.75) is 24.7 Å². The van der Waals surface area contributed by atoms with Gasteiger partial charge in [0.2, 0.25) is 10.0 Å². The molecule has 90 valence electrons. The molecule has 1 heterocycles. The zero-order valence-corrected chi connectivity index (χ0v) is 9.96. The number of primary sulfonamides is 1. The fourth-order valence-corrected chi connectivity index (χ4v) is 2.25. The maximum atomic E-state index is 11.4. The molecule has 16 heavy (non-hydrogen) atoms. The second-order valence-corrected chi connectivity index (χ2v) is 5.00. The van der Waals surface area contributed by atoms with Crippen molar-refractivity contribution in [3.63, 3.8) is 0 Å². The van der Waals surface area contributed by atoms with Gasteiger partial charge in [0.1, 0.15) is 4.90 Å². The van der Waals surface area contributed by atoms with Gasteiger partial charge in [-0.3, -0.25) is 5.10 Å². The van der Waals surface area contributed by atoms with Crippen molar-refractivity contribution in [1.82, 2.24) is 10.2 Å². The predicted molar refractivity (Wildman–Crippen MR) is 55.4 cm³/mol. The van der Waals surface area contributed by atoms with E-state index in [1.807, 2.05) is 0 Å². The number of hydrogen-bond acceptors (Lipinski definition) is 5. The highest BCUT2D eigenvalue weighted by molar-refractivity contribution is 7.89. The highest BCUT2D eigenvalue weighted by Gasteiger charge is 2.29. The average Bonchev–Trinajstić information content (AvgIpc) is 2.59. The minimum Gasteiger partial charge on any atom is -0.464 e. The van der Waals surface area contributed by atoms with Gasteiger partial charge in [0, 0.05) is 0 Å². The Labute approximate surface area is 93.0 Å². The Morgan fingerprint density at radius 1 is 1.50 bits per heavy atom. The molecule has 0 saturated heterocycles. The maximum Gasteiger partial charge on any atom is 0.360 e. The third-order valence-electron chi connectivity index (χ3n) is 1.99. The summed E-state index contributed by atoms with van der Waals surface area (Å²) in [5, 5.41) is 11.1. The molecular weight excluding hydrogens is 234 g/mol. The molecule has 7 nitrogen and oxygen atoms in total. The molecule has 0 unspecified atom stereocenters. The van der Waals surface area contributed by atoms with E-state index < -0.39 is 16.0 Å². The number of sulfonamides is 1. The number of esters is 1. The first-order chi connectivity index (χ1) is 7.29. The Hall–Kier alpha value is -1.41. The number of H-pyrrole nitrogens is 1. The van der Waals surface area contributed by atoms with Crippen molar-refractivity contribution in [2.75, 3.05) is 7.11 Å². The number of aromatic nitrogens is 2. The first-order valence-electron chi connectivity index (χ1n) is 4.48. The van der Waals surface area contributed by atoms with Gasteiger partial charge in [-0.15, -0.1) is 0 Å². The molecule has 1 aromatic rings. The van der Waals surface area contributed by atoms with Crippen LogP contribution < -0.4 is 5.14 Å². The molecule has 0 aliphatic rings. The van der Waals surface area contributed by atoms with E-state index in [1.54, 1.807) is 13.8 Å². The number of nitrogens with zero attached hydrogens (tertiary/aromatic N) is 1. The summed E-state index contributed by atoms with van der Waals surface area (Å²) >= 11 is 0. The summed E-state index contributed by atoms with van der Waals surface area (Å²) in [6.45, 7) is 3.51. The van der Waals surface area contributed by atoms with Crippen LogP contribution in [0.3, 0.4) is 0 Å². The Kier molecular flexibility index (Phi) is 3.34. The molecule has 0 atom stereocenters. The average molecular weight is 247 g/mol. The summed E-state index contributed by atoms with van der Waals surface area (Å²) in [5.74, 6) is -0.994. The quantitative estimate of drug-likeness (QED) is 0.727.